The molecule has 0 saturated carbocycles. The molecule has 29 heavy (non-hydrogen) atoms. The fraction of sp³-hybridized carbons (Fsp3) is 0.455. The Hall–Kier alpha value is -2.22. The zero-order valence-electron chi connectivity index (χ0n) is 17.0. The number of carbonyl (C=O) groups excluding carboxylic acids is 2. The summed E-state index contributed by atoms with van der Waals surface area (Å²) in [6.07, 6.45) is 1.96. The molecule has 7 heteroatoms. The molecule has 2 aromatic rings. The van der Waals surface area contributed by atoms with Crippen LogP contribution in [0.1, 0.15) is 30.2 Å². The zero-order valence-corrected chi connectivity index (χ0v) is 17.8. The number of hydrogen-bond donors (Lipinski definition) is 0. The van der Waals surface area contributed by atoms with Crippen molar-refractivity contribution in [2.45, 2.75) is 38.3 Å². The topological polar surface area (TPSA) is 59.1 Å². The van der Waals surface area contributed by atoms with Crippen LogP contribution in [0, 0.1) is 0 Å². The molecule has 1 saturated heterocycles. The highest BCUT2D eigenvalue weighted by atomic mass is 32.1. The van der Waals surface area contributed by atoms with Gasteiger partial charge in [-0.3, -0.25) is 9.63 Å². The lowest BCUT2D eigenvalue weighted by atomic mass is 9.86. The Labute approximate surface area is 176 Å². The molecular formula is C22H28N2O4S. The van der Waals surface area contributed by atoms with Crippen LogP contribution in [0.3, 0.4) is 0 Å². The molecule has 0 radical (unpaired) electrons. The van der Waals surface area contributed by atoms with E-state index >= 15 is 0 Å². The number of nitrogens with zero attached hydrogens (tertiary/aromatic N) is 2. The van der Waals surface area contributed by atoms with E-state index in [0.29, 0.717) is 25.9 Å². The van der Waals surface area contributed by atoms with Gasteiger partial charge in [0.25, 0.3) is 0 Å². The first-order valence-electron chi connectivity index (χ1n) is 9.86. The molecule has 0 bridgehead atoms. The van der Waals surface area contributed by atoms with Crippen LogP contribution in [-0.4, -0.2) is 54.1 Å². The van der Waals surface area contributed by atoms with Crippen LogP contribution in [0.5, 0.6) is 0 Å². The van der Waals surface area contributed by atoms with Crippen molar-refractivity contribution in [3.8, 4) is 0 Å². The zero-order chi connectivity index (χ0) is 20.7. The number of rotatable bonds is 8. The summed E-state index contributed by atoms with van der Waals surface area (Å²) in [5, 5.41) is 3.34. The van der Waals surface area contributed by atoms with Crippen LogP contribution < -0.4 is 0 Å². The van der Waals surface area contributed by atoms with Crippen LogP contribution in [0.2, 0.25) is 0 Å². The van der Waals surface area contributed by atoms with Crippen molar-refractivity contribution in [1.29, 1.82) is 0 Å². The maximum Gasteiger partial charge on any atom is 0.334 e. The first-order chi connectivity index (χ1) is 14.0. The molecular weight excluding hydrogens is 388 g/mol. The molecule has 1 amide bonds. The van der Waals surface area contributed by atoms with Gasteiger partial charge in [0, 0.05) is 31.4 Å². The average molecular weight is 417 g/mol. The van der Waals surface area contributed by atoms with Crippen LogP contribution >= 0.6 is 11.3 Å². The van der Waals surface area contributed by atoms with Gasteiger partial charge in [-0.25, -0.2) is 9.86 Å². The predicted molar refractivity (Wildman–Crippen MR) is 112 cm³/mol. The van der Waals surface area contributed by atoms with E-state index in [0.717, 1.165) is 18.5 Å². The number of hydrogen-bond acceptors (Lipinski definition) is 6. The normalized spacial score (nSPS) is 16.3. The molecule has 0 N–H and O–H groups in total. The van der Waals surface area contributed by atoms with Crippen molar-refractivity contribution in [3.05, 3.63) is 58.3 Å². The molecule has 0 unspecified atom stereocenters. The second kappa shape index (κ2) is 10.0. The van der Waals surface area contributed by atoms with Gasteiger partial charge in [-0.2, -0.15) is 0 Å². The maximum atomic E-state index is 12.8. The van der Waals surface area contributed by atoms with Gasteiger partial charge < -0.3 is 9.64 Å². The molecule has 156 valence electrons. The summed E-state index contributed by atoms with van der Waals surface area (Å²) in [4.78, 5) is 34.8. The van der Waals surface area contributed by atoms with Crippen molar-refractivity contribution < 1.29 is 19.2 Å². The second-order valence-electron chi connectivity index (χ2n) is 7.27. The lowest BCUT2D eigenvalue weighted by molar-refractivity contribution is -0.239. The molecule has 1 aliphatic rings. The highest BCUT2D eigenvalue weighted by Gasteiger charge is 2.50. The van der Waals surface area contributed by atoms with E-state index < -0.39 is 11.5 Å². The molecule has 6 nitrogen and oxygen atoms in total. The number of esters is 1. The minimum absolute atomic E-state index is 0.223. The number of piperidine rings is 1. The van der Waals surface area contributed by atoms with E-state index in [1.807, 2.05) is 30.3 Å². The Morgan fingerprint density at radius 2 is 1.86 bits per heavy atom. The fourth-order valence-corrected chi connectivity index (χ4v) is 4.48. The van der Waals surface area contributed by atoms with Gasteiger partial charge in [-0.1, -0.05) is 36.4 Å². The highest BCUT2D eigenvalue weighted by molar-refractivity contribution is 7.09. The van der Waals surface area contributed by atoms with Crippen molar-refractivity contribution in [2.75, 3.05) is 26.7 Å². The van der Waals surface area contributed by atoms with Crippen molar-refractivity contribution in [2.24, 2.45) is 0 Å². The smallest absolute Gasteiger partial charge is 0.334 e. The van der Waals surface area contributed by atoms with Gasteiger partial charge in [-0.05, 0) is 36.3 Å². The predicted octanol–water partition coefficient (Wildman–Crippen LogP) is 3.28. The summed E-state index contributed by atoms with van der Waals surface area (Å²) in [5.74, 6) is -0.711. The minimum atomic E-state index is -1.09. The first-order valence-corrected chi connectivity index (χ1v) is 10.7. The van der Waals surface area contributed by atoms with E-state index in [9.17, 15) is 9.59 Å². The average Bonchev–Trinajstić information content (AvgIpc) is 3.27. The quantitative estimate of drug-likeness (QED) is 0.488. The first kappa shape index (κ1) is 21.5. The summed E-state index contributed by atoms with van der Waals surface area (Å²) in [5.41, 5.74) is -0.151. The van der Waals surface area contributed by atoms with E-state index in [1.54, 1.807) is 11.3 Å². The van der Waals surface area contributed by atoms with E-state index in [1.165, 1.54) is 24.0 Å². The van der Waals surface area contributed by atoms with Gasteiger partial charge in [0.05, 0.1) is 7.11 Å². The molecule has 1 aromatic heterocycles. The van der Waals surface area contributed by atoms with E-state index in [2.05, 4.69) is 22.4 Å². The summed E-state index contributed by atoms with van der Waals surface area (Å²) in [6.45, 7) is 4.00. The number of likely N-dealkylation sites (tertiary alicyclic amines) is 1. The summed E-state index contributed by atoms with van der Waals surface area (Å²) in [6, 6.07) is 13.8. The van der Waals surface area contributed by atoms with Gasteiger partial charge >= 0.3 is 5.97 Å². The van der Waals surface area contributed by atoms with Crippen LogP contribution in [-0.2, 0) is 32.2 Å². The SMILES string of the molecule is COC(=O)C1(N(OCc2ccccc2)C(C)=O)CCN(CCc2cccs2)CC1. The number of carbonyl (C=O) groups is 2. The lowest BCUT2D eigenvalue weighted by Crippen LogP contribution is -2.61. The molecule has 1 aliphatic heterocycles. The third-order valence-electron chi connectivity index (χ3n) is 5.38. The van der Waals surface area contributed by atoms with Crippen molar-refractivity contribution in [1.82, 2.24) is 9.96 Å². The highest BCUT2D eigenvalue weighted by Crippen LogP contribution is 2.32. The number of ether oxygens (including phenoxy) is 1. The van der Waals surface area contributed by atoms with Gasteiger partial charge in [-0.15, -0.1) is 11.3 Å². The Morgan fingerprint density at radius 1 is 1.14 bits per heavy atom. The fourth-order valence-electron chi connectivity index (χ4n) is 3.78. The van der Waals surface area contributed by atoms with Gasteiger partial charge in [0.1, 0.15) is 6.61 Å². The molecule has 0 spiro atoms. The van der Waals surface area contributed by atoms with Crippen molar-refractivity contribution in [3.63, 3.8) is 0 Å². The molecule has 3 rings (SSSR count). The molecule has 0 aliphatic carbocycles. The monoisotopic (exact) mass is 416 g/mol. The molecule has 2 heterocycles. The standard InChI is InChI=1S/C22H28N2O4S/c1-18(25)24(28-17-19-7-4-3-5-8-19)22(21(26)27-2)11-14-23(15-12-22)13-10-20-9-6-16-29-20/h3-9,16H,10-15,17H2,1-2H3. The van der Waals surface area contributed by atoms with E-state index in [-0.39, 0.29) is 12.5 Å². The Balaban J connectivity index is 1.68. The summed E-state index contributed by atoms with van der Waals surface area (Å²) >= 11 is 1.76. The van der Waals surface area contributed by atoms with Crippen LogP contribution in [0.15, 0.2) is 47.8 Å². The Morgan fingerprint density at radius 3 is 2.45 bits per heavy atom. The number of thiophene rings is 1. The Bertz CT molecular complexity index is 786. The second-order valence-corrected chi connectivity index (χ2v) is 8.30. The Kier molecular flexibility index (Phi) is 7.41. The summed E-state index contributed by atoms with van der Waals surface area (Å²) in [7, 11) is 1.36. The molecule has 1 fully saturated rings. The third-order valence-corrected chi connectivity index (χ3v) is 6.32. The van der Waals surface area contributed by atoms with Crippen LogP contribution in [0.4, 0.5) is 0 Å². The minimum Gasteiger partial charge on any atom is -0.467 e. The molecule has 1 aromatic carbocycles. The van der Waals surface area contributed by atoms with Gasteiger partial charge in [0.2, 0.25) is 5.91 Å². The van der Waals surface area contributed by atoms with E-state index in [4.69, 9.17) is 9.57 Å². The van der Waals surface area contributed by atoms with Gasteiger partial charge in [0.15, 0.2) is 5.54 Å². The maximum absolute atomic E-state index is 12.8. The number of hydroxylamine groups is 2. The summed E-state index contributed by atoms with van der Waals surface area (Å²) < 4.78 is 5.10. The third kappa shape index (κ3) is 5.23. The lowest BCUT2D eigenvalue weighted by Gasteiger charge is -2.45. The largest absolute Gasteiger partial charge is 0.467 e. The number of methoxy groups -OCH3 is 1. The van der Waals surface area contributed by atoms with Crippen molar-refractivity contribution >= 4 is 23.2 Å². The number of amides is 1. The molecule has 0 atom stereocenters. The van der Waals surface area contributed by atoms with Crippen LogP contribution in [0.25, 0.3) is 0 Å². The number of benzene rings is 1.